The predicted octanol–water partition coefficient (Wildman–Crippen LogP) is 6.19. The molecule has 1 aliphatic heterocycles. The molecule has 0 bridgehead atoms. The summed E-state index contributed by atoms with van der Waals surface area (Å²) in [6.45, 7) is 2.09. The van der Waals surface area contributed by atoms with E-state index in [1.165, 1.54) is 6.07 Å². The van der Waals surface area contributed by atoms with Crippen LogP contribution in [0.2, 0.25) is 0 Å². The average Bonchev–Trinajstić information content (AvgIpc) is 2.73. The molecule has 0 spiro atoms. The summed E-state index contributed by atoms with van der Waals surface area (Å²) in [5, 5.41) is 13.6. The van der Waals surface area contributed by atoms with Crippen molar-refractivity contribution in [2.24, 2.45) is 0 Å². The van der Waals surface area contributed by atoms with E-state index < -0.39 is 24.2 Å². The molecule has 1 heterocycles. The molecular weight excluding hydrogens is 422 g/mol. The largest absolute Gasteiger partial charge is 0.486 e. The number of halogens is 1. The Bertz CT molecular complexity index is 1170. The van der Waals surface area contributed by atoms with Gasteiger partial charge in [-0.1, -0.05) is 48.0 Å². The second kappa shape index (κ2) is 8.49. The summed E-state index contributed by atoms with van der Waals surface area (Å²) in [5.74, 6) is -0.608. The fourth-order valence-corrected chi connectivity index (χ4v) is 4.98. The molecule has 0 aromatic heterocycles. The Morgan fingerprint density at radius 3 is 2.65 bits per heavy atom. The smallest absolute Gasteiger partial charge is 0.409 e. The van der Waals surface area contributed by atoms with Gasteiger partial charge in [-0.25, -0.2) is 4.57 Å². The van der Waals surface area contributed by atoms with Crippen molar-refractivity contribution in [1.29, 1.82) is 0 Å². The molecule has 2 atom stereocenters. The highest BCUT2D eigenvalue weighted by Gasteiger charge is 2.33. The van der Waals surface area contributed by atoms with Crippen molar-refractivity contribution < 1.29 is 22.9 Å². The van der Waals surface area contributed by atoms with Gasteiger partial charge in [0.1, 0.15) is 5.75 Å². The van der Waals surface area contributed by atoms with Gasteiger partial charge in [0.2, 0.25) is 5.82 Å². The van der Waals surface area contributed by atoms with E-state index in [-0.39, 0.29) is 18.2 Å². The van der Waals surface area contributed by atoms with Crippen LogP contribution in [0, 0.1) is 22.9 Å². The van der Waals surface area contributed by atoms with Crippen LogP contribution in [0.1, 0.15) is 29.0 Å². The number of nitro groups is 1. The van der Waals surface area contributed by atoms with Crippen molar-refractivity contribution >= 4 is 19.1 Å². The summed E-state index contributed by atoms with van der Waals surface area (Å²) in [5.41, 5.74) is 2.32. The monoisotopic (exact) mass is 442 g/mol. The minimum Gasteiger partial charge on any atom is -0.409 e. The van der Waals surface area contributed by atoms with Crippen LogP contribution >= 0.6 is 7.75 Å². The second-order valence-electron chi connectivity index (χ2n) is 7.25. The predicted molar refractivity (Wildman–Crippen MR) is 115 cm³/mol. The fourth-order valence-electron chi connectivity index (χ4n) is 3.59. The summed E-state index contributed by atoms with van der Waals surface area (Å²) in [6, 6.07) is 18.6. The number of nitro benzene ring substituents is 1. The number of fused-ring (bicyclic) bond motifs is 1. The van der Waals surface area contributed by atoms with Crippen LogP contribution in [0.4, 0.5) is 15.8 Å². The van der Waals surface area contributed by atoms with Crippen molar-refractivity contribution in [3.8, 4) is 5.75 Å². The number of rotatable bonds is 4. The van der Waals surface area contributed by atoms with Gasteiger partial charge in [0, 0.05) is 17.5 Å². The first kappa shape index (κ1) is 21.0. The third kappa shape index (κ3) is 4.60. The van der Waals surface area contributed by atoms with Gasteiger partial charge < -0.3 is 4.52 Å². The van der Waals surface area contributed by atoms with Crippen LogP contribution < -0.4 is 9.61 Å². The number of hydrogen-bond donors (Lipinski definition) is 1. The van der Waals surface area contributed by atoms with Gasteiger partial charge in [-0.2, -0.15) is 4.39 Å². The van der Waals surface area contributed by atoms with Crippen LogP contribution in [-0.2, 0) is 9.09 Å². The molecule has 0 radical (unpaired) electrons. The molecule has 1 aliphatic rings. The van der Waals surface area contributed by atoms with E-state index in [4.69, 9.17) is 9.05 Å². The van der Waals surface area contributed by atoms with E-state index in [2.05, 4.69) is 5.09 Å². The molecule has 0 fully saturated rings. The van der Waals surface area contributed by atoms with Crippen molar-refractivity contribution in [1.82, 2.24) is 0 Å². The lowest BCUT2D eigenvalue weighted by Crippen LogP contribution is -2.16. The topological polar surface area (TPSA) is 90.7 Å². The SMILES string of the molecule is Cc1ccc2c(c1)C(c1ccccc1)CCOP(=O)(Nc1ccc(F)c([N+](=O)[O-])c1)O2. The van der Waals surface area contributed by atoms with Gasteiger partial charge in [-0.15, -0.1) is 0 Å². The number of benzene rings is 3. The van der Waals surface area contributed by atoms with Crippen LogP contribution in [0.5, 0.6) is 5.75 Å². The van der Waals surface area contributed by atoms with Crippen LogP contribution in [0.3, 0.4) is 0 Å². The van der Waals surface area contributed by atoms with Crippen LogP contribution in [0.15, 0.2) is 66.7 Å². The molecule has 9 heteroatoms. The van der Waals surface area contributed by atoms with E-state index in [1.54, 1.807) is 6.07 Å². The van der Waals surface area contributed by atoms with Crippen molar-refractivity contribution in [2.75, 3.05) is 11.7 Å². The zero-order valence-corrected chi connectivity index (χ0v) is 17.6. The third-order valence-corrected chi connectivity index (χ3v) is 6.53. The molecule has 0 aliphatic carbocycles. The lowest BCUT2D eigenvalue weighted by molar-refractivity contribution is -0.387. The lowest BCUT2D eigenvalue weighted by atomic mass is 9.87. The number of anilines is 1. The van der Waals surface area contributed by atoms with Gasteiger partial charge in [-0.3, -0.25) is 19.7 Å². The zero-order chi connectivity index (χ0) is 22.0. The molecular formula is C22H20FN2O5P. The Morgan fingerprint density at radius 1 is 1.13 bits per heavy atom. The van der Waals surface area contributed by atoms with Crippen molar-refractivity contribution in [2.45, 2.75) is 19.3 Å². The summed E-state index contributed by atoms with van der Waals surface area (Å²) < 4.78 is 38.5. The maximum absolute atomic E-state index is 13.7. The van der Waals surface area contributed by atoms with Crippen LogP contribution in [0.25, 0.3) is 0 Å². The first-order chi connectivity index (χ1) is 14.8. The Kier molecular flexibility index (Phi) is 5.76. The van der Waals surface area contributed by atoms with Gasteiger partial charge in [0.05, 0.1) is 17.2 Å². The van der Waals surface area contributed by atoms with Gasteiger partial charge in [-0.05, 0) is 37.1 Å². The highest BCUT2D eigenvalue weighted by Crippen LogP contribution is 2.52. The molecule has 0 amide bonds. The average molecular weight is 442 g/mol. The van der Waals surface area contributed by atoms with E-state index in [0.29, 0.717) is 12.2 Å². The highest BCUT2D eigenvalue weighted by atomic mass is 31.2. The van der Waals surface area contributed by atoms with E-state index in [9.17, 15) is 19.1 Å². The third-order valence-electron chi connectivity index (χ3n) is 5.04. The quantitative estimate of drug-likeness (QED) is 0.294. The Morgan fingerprint density at radius 2 is 1.90 bits per heavy atom. The number of nitrogens with one attached hydrogen (secondary N) is 1. The van der Waals surface area contributed by atoms with Crippen molar-refractivity contribution in [3.63, 3.8) is 0 Å². The van der Waals surface area contributed by atoms with E-state index in [1.807, 2.05) is 49.4 Å². The summed E-state index contributed by atoms with van der Waals surface area (Å²) in [4.78, 5) is 10.2. The maximum atomic E-state index is 13.7. The highest BCUT2D eigenvalue weighted by molar-refractivity contribution is 7.55. The number of hydrogen-bond acceptors (Lipinski definition) is 5. The minimum atomic E-state index is -3.93. The summed E-state index contributed by atoms with van der Waals surface area (Å²) in [6.07, 6.45) is 0.555. The standard InChI is InChI=1S/C22H20FN2O5P/c1-15-7-10-22-19(13-15)18(16-5-3-2-4-6-16)11-12-29-31(28,30-22)24-17-8-9-20(23)21(14-17)25(26)27/h2-10,13-14,18H,11-12H2,1H3,(H,24,28). The molecule has 160 valence electrons. The maximum Gasteiger partial charge on any atom is 0.486 e. The summed E-state index contributed by atoms with van der Waals surface area (Å²) >= 11 is 0. The first-order valence-corrected chi connectivity index (χ1v) is 11.2. The summed E-state index contributed by atoms with van der Waals surface area (Å²) in [7, 11) is -3.93. The second-order valence-corrected chi connectivity index (χ2v) is 8.91. The molecule has 4 rings (SSSR count). The fraction of sp³-hybridized carbons (Fsp3) is 0.182. The minimum absolute atomic E-state index is 0.0169. The molecule has 3 aromatic rings. The molecule has 1 N–H and O–H groups in total. The lowest BCUT2D eigenvalue weighted by Gasteiger charge is -2.28. The molecule has 7 nitrogen and oxygen atoms in total. The number of nitrogens with zero attached hydrogens (tertiary/aromatic N) is 1. The Labute approximate surface area is 178 Å². The molecule has 0 saturated heterocycles. The Balaban J connectivity index is 1.69. The van der Waals surface area contributed by atoms with E-state index >= 15 is 0 Å². The van der Waals surface area contributed by atoms with Gasteiger partial charge >= 0.3 is 13.4 Å². The van der Waals surface area contributed by atoms with E-state index in [0.717, 1.165) is 28.8 Å². The molecule has 0 saturated carbocycles. The number of aryl methyl sites for hydroxylation is 1. The van der Waals surface area contributed by atoms with Crippen molar-refractivity contribution in [3.05, 3.63) is 99.4 Å². The molecule has 2 unspecified atom stereocenters. The van der Waals surface area contributed by atoms with Crippen LogP contribution in [-0.4, -0.2) is 11.5 Å². The normalized spacial score (nSPS) is 20.6. The molecule has 31 heavy (non-hydrogen) atoms. The van der Waals surface area contributed by atoms with Gasteiger partial charge in [0.15, 0.2) is 0 Å². The molecule has 3 aromatic carbocycles. The van der Waals surface area contributed by atoms with Gasteiger partial charge in [0.25, 0.3) is 0 Å². The first-order valence-electron chi connectivity index (χ1n) is 9.66. The Hall–Kier alpha value is -3.22. The zero-order valence-electron chi connectivity index (χ0n) is 16.7.